The first kappa shape index (κ1) is 17.0. The molecule has 1 aromatic heterocycles. The fourth-order valence-corrected chi connectivity index (χ4v) is 4.04. The highest BCUT2D eigenvalue weighted by Gasteiger charge is 2.25. The van der Waals surface area contributed by atoms with Gasteiger partial charge in [0.15, 0.2) is 0 Å². The summed E-state index contributed by atoms with van der Waals surface area (Å²) in [5.74, 6) is 0.739. The Balaban J connectivity index is 1.73. The molecule has 24 heavy (non-hydrogen) atoms. The molecular formula is C17H19N3O2S2. The maximum absolute atomic E-state index is 12.3. The summed E-state index contributed by atoms with van der Waals surface area (Å²) in [6.45, 7) is 5.12. The molecular weight excluding hydrogens is 342 g/mol. The molecule has 0 saturated carbocycles. The second kappa shape index (κ2) is 7.36. The highest BCUT2D eigenvalue weighted by Crippen LogP contribution is 2.35. The fourth-order valence-electron chi connectivity index (χ4n) is 2.34. The van der Waals surface area contributed by atoms with Gasteiger partial charge in [-0.15, -0.1) is 23.1 Å². The normalized spacial score (nSPS) is 14.0. The Hall–Kier alpha value is -1.86. The van der Waals surface area contributed by atoms with E-state index in [1.165, 1.54) is 11.3 Å². The number of carbonyl (C=O) groups excluding carboxylic acids is 2. The van der Waals surface area contributed by atoms with Crippen LogP contribution in [0.1, 0.15) is 29.3 Å². The molecule has 2 aromatic rings. The van der Waals surface area contributed by atoms with Crippen LogP contribution in [0.3, 0.4) is 0 Å². The summed E-state index contributed by atoms with van der Waals surface area (Å²) in [4.78, 5) is 31.6. The van der Waals surface area contributed by atoms with Crippen LogP contribution in [0.2, 0.25) is 0 Å². The molecule has 0 unspecified atom stereocenters. The first-order valence-corrected chi connectivity index (χ1v) is 9.66. The Bertz CT molecular complexity index is 758. The zero-order valence-corrected chi connectivity index (χ0v) is 15.2. The minimum Gasteiger partial charge on any atom is -0.350 e. The molecule has 126 valence electrons. The largest absolute Gasteiger partial charge is 0.350 e. The van der Waals surface area contributed by atoms with Crippen LogP contribution < -0.4 is 10.2 Å². The third-order valence-corrected chi connectivity index (χ3v) is 5.44. The Morgan fingerprint density at radius 2 is 2.17 bits per heavy atom. The number of anilines is 1. The Kier molecular flexibility index (Phi) is 5.20. The second-order valence-corrected chi connectivity index (χ2v) is 7.93. The number of rotatable bonds is 5. The molecule has 1 N–H and O–H groups in total. The molecule has 2 amide bonds. The number of hydrogen-bond donors (Lipinski definition) is 1. The van der Waals surface area contributed by atoms with E-state index in [1.807, 2.05) is 38.1 Å². The summed E-state index contributed by atoms with van der Waals surface area (Å²) in [5.41, 5.74) is 1.34. The van der Waals surface area contributed by atoms with Gasteiger partial charge in [-0.3, -0.25) is 9.59 Å². The van der Waals surface area contributed by atoms with Crippen molar-refractivity contribution in [2.75, 3.05) is 17.2 Å². The predicted octanol–water partition coefficient (Wildman–Crippen LogP) is 3.17. The van der Waals surface area contributed by atoms with E-state index in [-0.39, 0.29) is 11.8 Å². The third-order valence-electron chi connectivity index (χ3n) is 3.56. The average molecular weight is 361 g/mol. The van der Waals surface area contributed by atoms with E-state index in [0.717, 1.165) is 15.6 Å². The molecule has 0 spiro atoms. The van der Waals surface area contributed by atoms with Gasteiger partial charge in [0, 0.05) is 16.8 Å². The predicted molar refractivity (Wildman–Crippen MR) is 97.6 cm³/mol. The molecule has 0 bridgehead atoms. The van der Waals surface area contributed by atoms with Crippen LogP contribution in [0.25, 0.3) is 0 Å². The Morgan fingerprint density at radius 1 is 1.38 bits per heavy atom. The number of benzene rings is 1. The van der Waals surface area contributed by atoms with Gasteiger partial charge in [-0.05, 0) is 18.1 Å². The van der Waals surface area contributed by atoms with E-state index in [0.29, 0.717) is 30.5 Å². The third kappa shape index (κ3) is 3.79. The van der Waals surface area contributed by atoms with Crippen molar-refractivity contribution < 1.29 is 9.59 Å². The van der Waals surface area contributed by atoms with Crippen molar-refractivity contribution in [2.45, 2.75) is 25.3 Å². The standard InChI is InChI=1S/C17H19N3O2S2/c1-11(2)7-18-17(22)12-9-24-15(19-12)8-20-13-5-3-4-6-14(13)23-10-16(20)21/h3-6,9,11H,7-8,10H2,1-2H3,(H,18,22). The van der Waals surface area contributed by atoms with Crippen LogP contribution >= 0.6 is 23.1 Å². The zero-order chi connectivity index (χ0) is 17.1. The van der Waals surface area contributed by atoms with Crippen LogP contribution in [-0.4, -0.2) is 29.1 Å². The maximum Gasteiger partial charge on any atom is 0.270 e. The number of aromatic nitrogens is 1. The van der Waals surface area contributed by atoms with Crippen LogP contribution in [0.15, 0.2) is 34.5 Å². The van der Waals surface area contributed by atoms with E-state index in [4.69, 9.17) is 0 Å². The van der Waals surface area contributed by atoms with Gasteiger partial charge in [0.2, 0.25) is 5.91 Å². The SMILES string of the molecule is CC(C)CNC(=O)c1csc(CN2C(=O)CSc3ccccc32)n1. The summed E-state index contributed by atoms with van der Waals surface area (Å²) in [5, 5.41) is 5.37. The van der Waals surface area contributed by atoms with E-state index in [9.17, 15) is 9.59 Å². The Morgan fingerprint density at radius 3 is 2.96 bits per heavy atom. The van der Waals surface area contributed by atoms with E-state index in [1.54, 1.807) is 22.0 Å². The smallest absolute Gasteiger partial charge is 0.270 e. The van der Waals surface area contributed by atoms with Crippen LogP contribution in [0.5, 0.6) is 0 Å². The van der Waals surface area contributed by atoms with Gasteiger partial charge in [-0.2, -0.15) is 0 Å². The van der Waals surface area contributed by atoms with Crippen molar-refractivity contribution in [2.24, 2.45) is 5.92 Å². The lowest BCUT2D eigenvalue weighted by Crippen LogP contribution is -2.34. The topological polar surface area (TPSA) is 62.3 Å². The number of hydrogen-bond acceptors (Lipinski definition) is 5. The monoisotopic (exact) mass is 361 g/mol. The second-order valence-electron chi connectivity index (χ2n) is 5.97. The quantitative estimate of drug-likeness (QED) is 0.888. The Labute approximate surface area is 149 Å². The molecule has 1 aliphatic heterocycles. The molecule has 0 saturated heterocycles. The summed E-state index contributed by atoms with van der Waals surface area (Å²) >= 11 is 2.97. The molecule has 3 rings (SSSR count). The van der Waals surface area contributed by atoms with E-state index in [2.05, 4.69) is 10.3 Å². The molecule has 5 nitrogen and oxygen atoms in total. The molecule has 0 fully saturated rings. The molecule has 2 heterocycles. The number of fused-ring (bicyclic) bond motifs is 1. The zero-order valence-electron chi connectivity index (χ0n) is 13.6. The van der Waals surface area contributed by atoms with E-state index >= 15 is 0 Å². The number of nitrogens with one attached hydrogen (secondary N) is 1. The summed E-state index contributed by atoms with van der Waals surface area (Å²) in [6.07, 6.45) is 0. The number of carbonyl (C=O) groups is 2. The summed E-state index contributed by atoms with van der Waals surface area (Å²) in [6, 6.07) is 7.87. The fraction of sp³-hybridized carbons (Fsp3) is 0.353. The van der Waals surface area contributed by atoms with Crippen molar-refractivity contribution in [1.82, 2.24) is 10.3 Å². The molecule has 7 heteroatoms. The first-order chi connectivity index (χ1) is 11.5. The van der Waals surface area contributed by atoms with Gasteiger partial charge in [0.25, 0.3) is 5.91 Å². The van der Waals surface area contributed by atoms with Gasteiger partial charge < -0.3 is 10.2 Å². The van der Waals surface area contributed by atoms with Crippen molar-refractivity contribution in [1.29, 1.82) is 0 Å². The van der Waals surface area contributed by atoms with Crippen molar-refractivity contribution in [3.05, 3.63) is 40.3 Å². The van der Waals surface area contributed by atoms with Crippen LogP contribution in [0, 0.1) is 5.92 Å². The molecule has 0 aliphatic carbocycles. The van der Waals surface area contributed by atoms with Gasteiger partial charge >= 0.3 is 0 Å². The summed E-state index contributed by atoms with van der Waals surface area (Å²) < 4.78 is 0. The number of thiazole rings is 1. The van der Waals surface area contributed by atoms with Crippen molar-refractivity contribution in [3.63, 3.8) is 0 Å². The molecule has 1 aliphatic rings. The van der Waals surface area contributed by atoms with Gasteiger partial charge in [-0.1, -0.05) is 26.0 Å². The van der Waals surface area contributed by atoms with Crippen LogP contribution in [0.4, 0.5) is 5.69 Å². The number of para-hydroxylation sites is 1. The molecule has 1 aromatic carbocycles. The minimum absolute atomic E-state index is 0.0692. The number of nitrogens with zero attached hydrogens (tertiary/aromatic N) is 2. The van der Waals surface area contributed by atoms with Gasteiger partial charge in [0.1, 0.15) is 10.7 Å². The highest BCUT2D eigenvalue weighted by molar-refractivity contribution is 8.00. The summed E-state index contributed by atoms with van der Waals surface area (Å²) in [7, 11) is 0. The first-order valence-electron chi connectivity index (χ1n) is 7.79. The maximum atomic E-state index is 12.3. The van der Waals surface area contributed by atoms with Crippen molar-refractivity contribution >= 4 is 40.6 Å². The van der Waals surface area contributed by atoms with Gasteiger partial charge in [-0.25, -0.2) is 4.98 Å². The minimum atomic E-state index is -0.160. The van der Waals surface area contributed by atoms with Gasteiger partial charge in [0.05, 0.1) is 18.0 Å². The number of amides is 2. The van der Waals surface area contributed by atoms with Crippen molar-refractivity contribution in [3.8, 4) is 0 Å². The van der Waals surface area contributed by atoms with Crippen LogP contribution in [-0.2, 0) is 11.3 Å². The highest BCUT2D eigenvalue weighted by atomic mass is 32.2. The lowest BCUT2D eigenvalue weighted by Gasteiger charge is -2.28. The number of thioether (sulfide) groups is 1. The molecule has 0 radical (unpaired) electrons. The molecule has 0 atom stereocenters. The average Bonchev–Trinajstić information content (AvgIpc) is 3.04. The lowest BCUT2D eigenvalue weighted by molar-refractivity contribution is -0.116. The lowest BCUT2D eigenvalue weighted by atomic mass is 10.2. The van der Waals surface area contributed by atoms with E-state index < -0.39 is 0 Å².